The van der Waals surface area contributed by atoms with E-state index in [0.717, 1.165) is 24.9 Å². The monoisotopic (exact) mass is 334 g/mol. The SMILES string of the molecule is COC1CCCN(C(=O)c2cn(Cc3ccc(Cl)cc3)nn2)C1. The van der Waals surface area contributed by atoms with Gasteiger partial charge in [0.05, 0.1) is 18.8 Å². The van der Waals surface area contributed by atoms with Crippen LogP contribution in [0.2, 0.25) is 5.02 Å². The van der Waals surface area contributed by atoms with Crippen LogP contribution in [0.5, 0.6) is 0 Å². The summed E-state index contributed by atoms with van der Waals surface area (Å²) >= 11 is 5.87. The van der Waals surface area contributed by atoms with Crippen LogP contribution >= 0.6 is 11.6 Å². The molecule has 2 heterocycles. The molecule has 0 spiro atoms. The zero-order valence-electron chi connectivity index (χ0n) is 13.0. The van der Waals surface area contributed by atoms with Crippen LogP contribution in [0.15, 0.2) is 30.5 Å². The van der Waals surface area contributed by atoms with Gasteiger partial charge >= 0.3 is 0 Å². The summed E-state index contributed by atoms with van der Waals surface area (Å²) in [6, 6.07) is 7.52. The predicted molar refractivity (Wildman–Crippen MR) is 86.5 cm³/mol. The molecular formula is C16H19ClN4O2. The average Bonchev–Trinajstić information content (AvgIpc) is 3.05. The Hall–Kier alpha value is -1.92. The van der Waals surface area contributed by atoms with Gasteiger partial charge in [0, 0.05) is 25.2 Å². The summed E-state index contributed by atoms with van der Waals surface area (Å²) in [7, 11) is 1.68. The van der Waals surface area contributed by atoms with Crippen LogP contribution in [-0.2, 0) is 11.3 Å². The van der Waals surface area contributed by atoms with Crippen molar-refractivity contribution in [2.75, 3.05) is 20.2 Å². The lowest BCUT2D eigenvalue weighted by molar-refractivity contribution is 0.0265. The van der Waals surface area contributed by atoms with Crippen LogP contribution < -0.4 is 0 Å². The van der Waals surface area contributed by atoms with E-state index in [-0.39, 0.29) is 12.0 Å². The van der Waals surface area contributed by atoms with Crippen LogP contribution in [0.4, 0.5) is 0 Å². The number of amides is 1. The molecule has 23 heavy (non-hydrogen) atoms. The van der Waals surface area contributed by atoms with Crippen molar-refractivity contribution in [2.45, 2.75) is 25.5 Å². The third-order valence-corrected chi connectivity index (χ3v) is 4.27. The summed E-state index contributed by atoms with van der Waals surface area (Å²) in [6.45, 7) is 1.90. The Kier molecular flexibility index (Phi) is 4.93. The van der Waals surface area contributed by atoms with E-state index < -0.39 is 0 Å². The molecule has 1 aliphatic heterocycles. The fourth-order valence-electron chi connectivity index (χ4n) is 2.73. The number of aromatic nitrogens is 3. The highest BCUT2D eigenvalue weighted by molar-refractivity contribution is 6.30. The molecule has 1 amide bonds. The number of benzene rings is 1. The molecule has 3 rings (SSSR count). The number of likely N-dealkylation sites (tertiary alicyclic amines) is 1. The number of ether oxygens (including phenoxy) is 1. The van der Waals surface area contributed by atoms with Gasteiger partial charge in [0.25, 0.3) is 5.91 Å². The van der Waals surface area contributed by atoms with E-state index in [1.54, 1.807) is 22.9 Å². The molecule has 1 atom stereocenters. The molecule has 0 aliphatic carbocycles. The van der Waals surface area contributed by atoms with Crippen molar-refractivity contribution in [1.29, 1.82) is 0 Å². The molecule has 122 valence electrons. The highest BCUT2D eigenvalue weighted by atomic mass is 35.5. The predicted octanol–water partition coefficient (Wildman–Crippen LogP) is 2.23. The Morgan fingerprint density at radius 2 is 2.17 bits per heavy atom. The normalized spacial score (nSPS) is 18.2. The molecule has 0 radical (unpaired) electrons. The molecule has 7 heteroatoms. The summed E-state index contributed by atoms with van der Waals surface area (Å²) in [5.74, 6) is -0.0888. The molecule has 1 aromatic heterocycles. The Balaban J connectivity index is 1.66. The van der Waals surface area contributed by atoms with Crippen LogP contribution in [0.1, 0.15) is 28.9 Å². The van der Waals surface area contributed by atoms with Gasteiger partial charge in [-0.05, 0) is 30.5 Å². The van der Waals surface area contributed by atoms with E-state index in [9.17, 15) is 4.79 Å². The quantitative estimate of drug-likeness (QED) is 0.860. The van der Waals surface area contributed by atoms with Crippen molar-refractivity contribution < 1.29 is 9.53 Å². The molecule has 6 nitrogen and oxygen atoms in total. The number of piperidine rings is 1. The van der Waals surface area contributed by atoms with Crippen molar-refractivity contribution in [1.82, 2.24) is 19.9 Å². The summed E-state index contributed by atoms with van der Waals surface area (Å²) in [5, 5.41) is 8.75. The van der Waals surface area contributed by atoms with Gasteiger partial charge in [0.15, 0.2) is 5.69 Å². The lowest BCUT2D eigenvalue weighted by Crippen LogP contribution is -2.43. The maximum absolute atomic E-state index is 12.5. The Bertz CT molecular complexity index is 671. The van der Waals surface area contributed by atoms with Gasteiger partial charge in [0.2, 0.25) is 0 Å². The van der Waals surface area contributed by atoms with Crippen LogP contribution in [-0.4, -0.2) is 52.1 Å². The van der Waals surface area contributed by atoms with Gasteiger partial charge in [0.1, 0.15) is 0 Å². The molecular weight excluding hydrogens is 316 g/mol. The molecule has 0 bridgehead atoms. The number of methoxy groups -OCH3 is 1. The first-order valence-electron chi connectivity index (χ1n) is 7.62. The van der Waals surface area contributed by atoms with Gasteiger partial charge in [-0.15, -0.1) is 5.10 Å². The number of hydrogen-bond donors (Lipinski definition) is 0. The highest BCUT2D eigenvalue weighted by Crippen LogP contribution is 2.15. The number of carbonyl (C=O) groups is 1. The molecule has 2 aromatic rings. The van der Waals surface area contributed by atoms with Crippen molar-refractivity contribution >= 4 is 17.5 Å². The maximum atomic E-state index is 12.5. The van der Waals surface area contributed by atoms with Gasteiger partial charge in [-0.2, -0.15) is 0 Å². The lowest BCUT2D eigenvalue weighted by Gasteiger charge is -2.31. The molecule has 0 saturated carbocycles. The third kappa shape index (κ3) is 3.89. The number of hydrogen-bond acceptors (Lipinski definition) is 4. The fourth-order valence-corrected chi connectivity index (χ4v) is 2.85. The van der Waals surface area contributed by atoms with Crippen molar-refractivity contribution in [3.8, 4) is 0 Å². The van der Waals surface area contributed by atoms with E-state index in [4.69, 9.17) is 16.3 Å². The van der Waals surface area contributed by atoms with Gasteiger partial charge in [-0.25, -0.2) is 4.68 Å². The Labute approximate surface area is 140 Å². The van der Waals surface area contributed by atoms with Crippen molar-refractivity contribution in [3.05, 3.63) is 46.7 Å². The van der Waals surface area contributed by atoms with E-state index in [1.807, 2.05) is 24.3 Å². The molecule has 1 saturated heterocycles. The number of rotatable bonds is 4. The second kappa shape index (κ2) is 7.10. The summed E-state index contributed by atoms with van der Waals surface area (Å²) < 4.78 is 7.02. The molecule has 1 aromatic carbocycles. The second-order valence-corrected chi connectivity index (χ2v) is 6.12. The minimum Gasteiger partial charge on any atom is -0.380 e. The first kappa shape index (κ1) is 16.0. The summed E-state index contributed by atoms with van der Waals surface area (Å²) in [5.41, 5.74) is 1.42. The topological polar surface area (TPSA) is 60.2 Å². The summed E-state index contributed by atoms with van der Waals surface area (Å²) in [4.78, 5) is 14.3. The third-order valence-electron chi connectivity index (χ3n) is 4.01. The Morgan fingerprint density at radius 1 is 1.39 bits per heavy atom. The number of nitrogens with zero attached hydrogens (tertiary/aromatic N) is 4. The van der Waals surface area contributed by atoms with Crippen LogP contribution in [0.25, 0.3) is 0 Å². The summed E-state index contributed by atoms with van der Waals surface area (Å²) in [6.07, 6.45) is 3.73. The maximum Gasteiger partial charge on any atom is 0.276 e. The van der Waals surface area contributed by atoms with Crippen LogP contribution in [0, 0.1) is 0 Å². The lowest BCUT2D eigenvalue weighted by atomic mass is 10.1. The molecule has 1 fully saturated rings. The van der Waals surface area contributed by atoms with Crippen molar-refractivity contribution in [3.63, 3.8) is 0 Å². The van der Waals surface area contributed by atoms with Gasteiger partial charge < -0.3 is 9.64 Å². The van der Waals surface area contributed by atoms with Gasteiger partial charge in [-0.1, -0.05) is 28.9 Å². The number of halogens is 1. The first-order chi connectivity index (χ1) is 11.2. The first-order valence-corrected chi connectivity index (χ1v) is 8.00. The van der Waals surface area contributed by atoms with Crippen molar-refractivity contribution in [2.24, 2.45) is 0 Å². The Morgan fingerprint density at radius 3 is 2.91 bits per heavy atom. The average molecular weight is 335 g/mol. The zero-order chi connectivity index (χ0) is 16.2. The fraction of sp³-hybridized carbons (Fsp3) is 0.438. The standard InChI is InChI=1S/C16H19ClN4O2/c1-23-14-3-2-8-20(10-14)16(22)15-11-21(19-18-15)9-12-4-6-13(17)7-5-12/h4-7,11,14H,2-3,8-10H2,1H3. The molecule has 1 aliphatic rings. The zero-order valence-corrected chi connectivity index (χ0v) is 13.7. The minimum atomic E-state index is -0.0888. The minimum absolute atomic E-state index is 0.0888. The van der Waals surface area contributed by atoms with E-state index in [1.165, 1.54) is 0 Å². The van der Waals surface area contributed by atoms with Gasteiger partial charge in [-0.3, -0.25) is 4.79 Å². The molecule has 1 unspecified atom stereocenters. The molecule has 0 N–H and O–H groups in total. The second-order valence-electron chi connectivity index (χ2n) is 5.68. The smallest absolute Gasteiger partial charge is 0.276 e. The van der Waals surface area contributed by atoms with E-state index in [0.29, 0.717) is 23.8 Å². The highest BCUT2D eigenvalue weighted by Gasteiger charge is 2.25. The number of carbonyl (C=O) groups excluding carboxylic acids is 1. The largest absolute Gasteiger partial charge is 0.380 e. The van der Waals surface area contributed by atoms with Crippen LogP contribution in [0.3, 0.4) is 0 Å². The van der Waals surface area contributed by atoms with E-state index in [2.05, 4.69) is 10.3 Å². The van der Waals surface area contributed by atoms with E-state index >= 15 is 0 Å².